The van der Waals surface area contributed by atoms with Crippen LogP contribution in [0.3, 0.4) is 0 Å². The van der Waals surface area contributed by atoms with E-state index in [2.05, 4.69) is 5.32 Å². The monoisotopic (exact) mass is 376 g/mol. The summed E-state index contributed by atoms with van der Waals surface area (Å²) in [7, 11) is -0.500. The smallest absolute Gasteiger partial charge is 0.243 e. The minimum Gasteiger partial charge on any atom is -0.497 e. The van der Waals surface area contributed by atoms with Crippen molar-refractivity contribution in [2.45, 2.75) is 12.5 Å². The molecule has 0 aliphatic rings. The second-order valence-electron chi connectivity index (χ2n) is 5.98. The summed E-state index contributed by atoms with van der Waals surface area (Å²) in [6.07, 6.45) is 1.73. The van der Waals surface area contributed by atoms with Crippen LogP contribution in [0, 0.1) is 0 Å². The van der Waals surface area contributed by atoms with Crippen LogP contribution in [-0.2, 0) is 21.2 Å². The molecule has 26 heavy (non-hydrogen) atoms. The Kier molecular flexibility index (Phi) is 6.76. The first-order valence-electron chi connectivity index (χ1n) is 8.21. The van der Waals surface area contributed by atoms with Gasteiger partial charge in [0.1, 0.15) is 11.8 Å². The third-order valence-electron chi connectivity index (χ3n) is 4.12. The summed E-state index contributed by atoms with van der Waals surface area (Å²) in [5.74, 6) is 0.425. The van der Waals surface area contributed by atoms with Crippen molar-refractivity contribution >= 4 is 15.9 Å². The van der Waals surface area contributed by atoms with Crippen molar-refractivity contribution in [2.75, 3.05) is 27.0 Å². The van der Waals surface area contributed by atoms with Gasteiger partial charge in [-0.05, 0) is 29.7 Å². The number of carbonyl (C=O) groups excluding carboxylic acids is 1. The molecule has 0 aromatic heterocycles. The lowest BCUT2D eigenvalue weighted by Gasteiger charge is -2.25. The van der Waals surface area contributed by atoms with Crippen molar-refractivity contribution in [2.24, 2.45) is 0 Å². The zero-order valence-corrected chi connectivity index (χ0v) is 16.0. The fourth-order valence-corrected chi connectivity index (χ4v) is 3.17. The van der Waals surface area contributed by atoms with E-state index < -0.39 is 16.1 Å². The molecule has 0 spiro atoms. The Balaban J connectivity index is 2.06. The molecule has 0 saturated carbocycles. The molecule has 0 heterocycles. The molecule has 0 aliphatic carbocycles. The zero-order chi connectivity index (χ0) is 19.2. The predicted molar refractivity (Wildman–Crippen MR) is 101 cm³/mol. The molecule has 1 unspecified atom stereocenters. The van der Waals surface area contributed by atoms with E-state index >= 15 is 0 Å². The number of likely N-dealkylation sites (N-methyl/N-ethyl adjacent to an activating group) is 1. The highest BCUT2D eigenvalue weighted by atomic mass is 32.2. The number of hydrogen-bond donors (Lipinski definition) is 1. The van der Waals surface area contributed by atoms with Crippen LogP contribution < -0.4 is 10.1 Å². The number of nitrogens with zero attached hydrogens (tertiary/aromatic N) is 1. The lowest BCUT2D eigenvalue weighted by molar-refractivity contribution is -0.124. The predicted octanol–water partition coefficient (Wildman–Crippen LogP) is 1.99. The van der Waals surface area contributed by atoms with Gasteiger partial charge in [-0.1, -0.05) is 42.5 Å². The van der Waals surface area contributed by atoms with Crippen LogP contribution in [-0.4, -0.2) is 45.6 Å². The summed E-state index contributed by atoms with van der Waals surface area (Å²) in [6.45, 7) is 0.409. The van der Waals surface area contributed by atoms with Gasteiger partial charge in [0.2, 0.25) is 15.9 Å². The summed E-state index contributed by atoms with van der Waals surface area (Å²) in [5.41, 5.74) is 1.68. The topological polar surface area (TPSA) is 75.7 Å². The quantitative estimate of drug-likeness (QED) is 0.764. The summed E-state index contributed by atoms with van der Waals surface area (Å²) < 4.78 is 30.1. The van der Waals surface area contributed by atoms with Gasteiger partial charge in [-0.2, -0.15) is 4.31 Å². The highest BCUT2D eigenvalue weighted by Crippen LogP contribution is 2.22. The normalized spacial score (nSPS) is 12.6. The molecule has 0 aliphatic heterocycles. The maximum atomic E-state index is 12.7. The van der Waals surface area contributed by atoms with E-state index in [1.54, 1.807) is 31.4 Å². The van der Waals surface area contributed by atoms with Crippen molar-refractivity contribution < 1.29 is 17.9 Å². The molecule has 6 nitrogen and oxygen atoms in total. The molecule has 0 bridgehead atoms. The lowest BCUT2D eigenvalue weighted by atomic mass is 10.1. The fourth-order valence-electron chi connectivity index (χ4n) is 2.57. The molecule has 0 saturated heterocycles. The summed E-state index contributed by atoms with van der Waals surface area (Å²) >= 11 is 0. The van der Waals surface area contributed by atoms with Crippen LogP contribution in [0.2, 0.25) is 0 Å². The SMILES string of the molecule is COc1ccc(CCNC(=O)C(c2ccccc2)N(C)S(C)(=O)=O)cc1. The van der Waals surface area contributed by atoms with Crippen molar-refractivity contribution in [3.05, 3.63) is 65.7 Å². The van der Waals surface area contributed by atoms with Crippen LogP contribution in [0.25, 0.3) is 0 Å². The van der Waals surface area contributed by atoms with E-state index in [9.17, 15) is 13.2 Å². The Morgan fingerprint density at radius 2 is 1.73 bits per heavy atom. The highest BCUT2D eigenvalue weighted by Gasteiger charge is 2.30. The third-order valence-corrected chi connectivity index (χ3v) is 5.38. The van der Waals surface area contributed by atoms with E-state index in [4.69, 9.17) is 4.74 Å². The first-order valence-corrected chi connectivity index (χ1v) is 10.1. The van der Waals surface area contributed by atoms with E-state index in [1.165, 1.54) is 7.05 Å². The van der Waals surface area contributed by atoms with E-state index in [-0.39, 0.29) is 5.91 Å². The van der Waals surface area contributed by atoms with Crippen molar-refractivity contribution in [1.82, 2.24) is 9.62 Å². The number of amides is 1. The van der Waals surface area contributed by atoms with Gasteiger partial charge in [-0.25, -0.2) is 8.42 Å². The number of sulfonamides is 1. The van der Waals surface area contributed by atoms with E-state index in [0.717, 1.165) is 21.9 Å². The Morgan fingerprint density at radius 1 is 1.12 bits per heavy atom. The maximum Gasteiger partial charge on any atom is 0.243 e. The number of ether oxygens (including phenoxy) is 1. The van der Waals surface area contributed by atoms with Crippen LogP contribution in [0.1, 0.15) is 17.2 Å². The van der Waals surface area contributed by atoms with Crippen LogP contribution in [0.4, 0.5) is 0 Å². The maximum absolute atomic E-state index is 12.7. The molecule has 2 aromatic rings. The molecular formula is C19H24N2O4S. The van der Waals surface area contributed by atoms with Crippen LogP contribution in [0.15, 0.2) is 54.6 Å². The van der Waals surface area contributed by atoms with Crippen LogP contribution >= 0.6 is 0 Å². The average molecular weight is 376 g/mol. The molecule has 2 rings (SSSR count). The van der Waals surface area contributed by atoms with Gasteiger partial charge in [-0.3, -0.25) is 4.79 Å². The lowest BCUT2D eigenvalue weighted by Crippen LogP contribution is -2.41. The number of carbonyl (C=O) groups is 1. The number of methoxy groups -OCH3 is 1. The standard InChI is InChI=1S/C19H24N2O4S/c1-21(26(3,23)24)18(16-7-5-4-6-8-16)19(22)20-14-13-15-9-11-17(25-2)12-10-15/h4-12,18H,13-14H2,1-3H3,(H,20,22). The second-order valence-corrected chi connectivity index (χ2v) is 8.02. The number of hydrogen-bond acceptors (Lipinski definition) is 4. The fraction of sp³-hybridized carbons (Fsp3) is 0.316. The summed E-state index contributed by atoms with van der Waals surface area (Å²) in [4.78, 5) is 12.7. The second kappa shape index (κ2) is 8.82. The first-order chi connectivity index (χ1) is 12.3. The number of nitrogens with one attached hydrogen (secondary N) is 1. The van der Waals surface area contributed by atoms with Gasteiger partial charge in [0.15, 0.2) is 0 Å². The van der Waals surface area contributed by atoms with E-state index in [0.29, 0.717) is 18.5 Å². The minimum absolute atomic E-state index is 0.349. The van der Waals surface area contributed by atoms with Crippen molar-refractivity contribution in [3.8, 4) is 5.75 Å². The van der Waals surface area contributed by atoms with Crippen molar-refractivity contribution in [3.63, 3.8) is 0 Å². The molecule has 1 N–H and O–H groups in total. The minimum atomic E-state index is -3.52. The van der Waals surface area contributed by atoms with Gasteiger partial charge in [0.05, 0.1) is 13.4 Å². The van der Waals surface area contributed by atoms with Gasteiger partial charge in [0, 0.05) is 13.6 Å². The average Bonchev–Trinajstić information content (AvgIpc) is 2.62. The van der Waals surface area contributed by atoms with Gasteiger partial charge < -0.3 is 10.1 Å². The first kappa shape index (κ1) is 19.9. The number of rotatable bonds is 8. The number of benzene rings is 2. The molecule has 7 heteroatoms. The molecule has 2 aromatic carbocycles. The Morgan fingerprint density at radius 3 is 2.27 bits per heavy atom. The molecule has 1 amide bonds. The third kappa shape index (κ3) is 5.31. The largest absolute Gasteiger partial charge is 0.497 e. The van der Waals surface area contributed by atoms with Gasteiger partial charge >= 0.3 is 0 Å². The van der Waals surface area contributed by atoms with Crippen LogP contribution in [0.5, 0.6) is 5.75 Å². The Labute approximate surface area is 154 Å². The molecule has 0 radical (unpaired) electrons. The van der Waals surface area contributed by atoms with E-state index in [1.807, 2.05) is 30.3 Å². The van der Waals surface area contributed by atoms with Gasteiger partial charge in [-0.15, -0.1) is 0 Å². The highest BCUT2D eigenvalue weighted by molar-refractivity contribution is 7.88. The van der Waals surface area contributed by atoms with Crippen molar-refractivity contribution in [1.29, 1.82) is 0 Å². The molecular weight excluding hydrogens is 352 g/mol. The Hall–Kier alpha value is -2.38. The summed E-state index contributed by atoms with van der Waals surface area (Å²) in [6, 6.07) is 15.6. The Bertz CT molecular complexity index is 820. The zero-order valence-electron chi connectivity index (χ0n) is 15.2. The molecule has 0 fully saturated rings. The summed E-state index contributed by atoms with van der Waals surface area (Å²) in [5, 5.41) is 2.84. The molecule has 140 valence electrons. The molecule has 1 atom stereocenters. The van der Waals surface area contributed by atoms with Gasteiger partial charge in [0.25, 0.3) is 0 Å².